The zero-order valence-corrected chi connectivity index (χ0v) is 23.9. The normalized spacial score (nSPS) is 26.6. The summed E-state index contributed by atoms with van der Waals surface area (Å²) in [6, 6.07) is 0. The zero-order chi connectivity index (χ0) is 33.3. The molecule has 47 heavy (non-hydrogen) atoms. The first kappa shape index (κ1) is 43.5. The Labute approximate surface area is 268 Å². The van der Waals surface area contributed by atoms with Crippen molar-refractivity contribution in [2.24, 2.45) is 11.5 Å². The number of hydrogen-bond donors (Lipinski definition) is 9. The van der Waals surface area contributed by atoms with Crippen LogP contribution in [0.2, 0.25) is 0 Å². The molecule has 21 nitrogen and oxygen atoms in total. The Morgan fingerprint density at radius 3 is 1.49 bits per heavy atom. The number of aliphatic hydroxyl groups is 5. The van der Waals surface area contributed by atoms with E-state index in [1.807, 2.05) is 0 Å². The fourth-order valence-corrected chi connectivity index (χ4v) is 4.69. The van der Waals surface area contributed by atoms with Gasteiger partial charge in [-0.15, -0.1) is 0 Å². The van der Waals surface area contributed by atoms with E-state index in [4.69, 9.17) is 35.8 Å². The quantitative estimate of drug-likeness (QED) is 0.121. The fourth-order valence-electron chi connectivity index (χ4n) is 4.35. The molecule has 2 fully saturated rings. The van der Waals surface area contributed by atoms with Gasteiger partial charge >= 0.3 is 7.82 Å². The molecule has 4 rings (SSSR count). The second kappa shape index (κ2) is 17.1. The van der Waals surface area contributed by atoms with Crippen molar-refractivity contribution in [3.8, 4) is 0 Å². The van der Waals surface area contributed by atoms with Crippen molar-refractivity contribution in [2.75, 3.05) is 13.2 Å². The number of amides is 2. The number of phosphoric acid groups is 1. The predicted molar refractivity (Wildman–Crippen MR) is 161 cm³/mol. The van der Waals surface area contributed by atoms with Gasteiger partial charge in [-0.3, -0.25) is 32.8 Å². The summed E-state index contributed by atoms with van der Waals surface area (Å²) in [4.78, 5) is 71.4. The summed E-state index contributed by atoms with van der Waals surface area (Å²) in [7, 11) is -4.81. The molecule has 2 amide bonds. The van der Waals surface area contributed by atoms with Gasteiger partial charge in [0.2, 0.25) is 0 Å². The van der Waals surface area contributed by atoms with Gasteiger partial charge in [0.1, 0.15) is 36.6 Å². The van der Waals surface area contributed by atoms with Crippen molar-refractivity contribution in [2.45, 2.75) is 85.2 Å². The number of aryl methyl sites for hydroxylation is 2. The second-order valence-electron chi connectivity index (χ2n) is 9.68. The van der Waals surface area contributed by atoms with Crippen molar-refractivity contribution in [3.63, 3.8) is 0 Å². The molecular weight excluding hydrogens is 655 g/mol. The molecule has 0 spiro atoms. The minimum atomic E-state index is -4.81. The number of nitrogens with two attached hydrogens (primary N) is 2. The molecule has 2 aromatic heterocycles. The number of carbonyl (C=O) groups is 2. The Morgan fingerprint density at radius 2 is 1.17 bits per heavy atom. The van der Waals surface area contributed by atoms with Crippen LogP contribution in [0, 0.1) is 13.8 Å². The summed E-state index contributed by atoms with van der Waals surface area (Å²) in [6.07, 6.45) is -8.49. The Balaban J connectivity index is 0.000000858. The van der Waals surface area contributed by atoms with Crippen molar-refractivity contribution < 1.29 is 63.5 Å². The van der Waals surface area contributed by atoms with Gasteiger partial charge in [-0.05, 0) is 13.8 Å². The van der Waals surface area contributed by atoms with Crippen molar-refractivity contribution in [1.29, 1.82) is 0 Å². The zero-order valence-electron chi connectivity index (χ0n) is 23.0. The number of primary amides is 2. The molecule has 0 radical (unpaired) electrons. The lowest BCUT2D eigenvalue weighted by atomic mass is 10.1. The van der Waals surface area contributed by atoms with E-state index in [0.29, 0.717) is 5.69 Å². The number of rotatable bonds is 8. The summed E-state index contributed by atoms with van der Waals surface area (Å²) in [5.41, 5.74) is 7.83. The van der Waals surface area contributed by atoms with Crippen LogP contribution in [0.4, 0.5) is 0 Å². The number of hydrogen-bond acceptors (Lipinski definition) is 15. The summed E-state index contributed by atoms with van der Waals surface area (Å²) < 4.78 is 27.2. The number of aromatic nitrogens is 4. The third kappa shape index (κ3) is 9.78. The Hall–Kier alpha value is -3.47. The lowest BCUT2D eigenvalue weighted by molar-refractivity contribution is -0.0546. The molecule has 22 heteroatoms. The molecule has 2 saturated heterocycles. The summed E-state index contributed by atoms with van der Waals surface area (Å²) >= 11 is 0. The number of phosphoric ester groups is 1. The lowest BCUT2D eigenvalue weighted by Gasteiger charge is -2.18. The molecule has 2 aromatic rings. The van der Waals surface area contributed by atoms with Gasteiger partial charge in [-0.2, -0.15) is 0 Å². The van der Waals surface area contributed by atoms with E-state index in [9.17, 15) is 44.2 Å². The van der Waals surface area contributed by atoms with Crippen LogP contribution in [0.25, 0.3) is 0 Å². The SMILES string of the molecule is C.C.C.Cc1cn([C@@H]2O[C@H](CO)[C@@H](O)[C@H]2O)c(=O)c(C(N)=O)n1.Cc1cn([C@@H]2O[C@H](COP(=O)(O)O)[C@@H](O)[C@H]2O)c(=O)c(C(N)=O)n1. The van der Waals surface area contributed by atoms with Gasteiger partial charge in [0.05, 0.1) is 24.6 Å². The average Bonchev–Trinajstić information content (AvgIpc) is 3.38. The molecule has 8 atom stereocenters. The highest BCUT2D eigenvalue weighted by Crippen LogP contribution is 2.38. The maximum atomic E-state index is 12.2. The number of aliphatic hydroxyl groups excluding tert-OH is 5. The maximum Gasteiger partial charge on any atom is 0.469 e. The third-order valence-corrected chi connectivity index (χ3v) is 6.86. The standard InChI is InChI=1S/C11H16N3O9P.C11H15N3O6.3CH4/c1-4-2-14(10(18)6(13-4)9(12)17)11-8(16)7(15)5(23-11)3-22-24(19,20)21;1-4-2-14(10(19)6(13-4)9(12)18)11-8(17)7(16)5(3-15)20-11;;;/h2,5,7-8,11,15-16H,3H2,1H3,(H2,12,17)(H2,19,20,21);2,5,7-8,11,15-17H,3H2,1H3,(H2,12,18);3*1H4/t2*5-,7-,8-,11-;;;/m11.../s1. The molecule has 0 aliphatic carbocycles. The van der Waals surface area contributed by atoms with E-state index in [1.54, 1.807) is 0 Å². The fraction of sp³-hybridized carbons (Fsp3) is 0.600. The summed E-state index contributed by atoms with van der Waals surface area (Å²) in [6.45, 7) is 1.76. The highest BCUT2D eigenvalue weighted by atomic mass is 31.2. The third-order valence-electron chi connectivity index (χ3n) is 6.38. The molecule has 0 saturated carbocycles. The van der Waals surface area contributed by atoms with E-state index < -0.39 is 104 Å². The van der Waals surface area contributed by atoms with Crippen molar-refractivity contribution in [3.05, 3.63) is 55.9 Å². The van der Waals surface area contributed by atoms with E-state index in [2.05, 4.69) is 14.5 Å². The van der Waals surface area contributed by atoms with Crippen molar-refractivity contribution >= 4 is 19.6 Å². The van der Waals surface area contributed by atoms with Gasteiger partial charge in [0.25, 0.3) is 22.9 Å². The van der Waals surface area contributed by atoms with Crippen LogP contribution in [0.3, 0.4) is 0 Å². The average molecular weight is 699 g/mol. The molecule has 2 aliphatic heterocycles. The van der Waals surface area contributed by atoms with E-state index >= 15 is 0 Å². The van der Waals surface area contributed by atoms with E-state index in [-0.39, 0.29) is 28.0 Å². The monoisotopic (exact) mass is 698 g/mol. The highest BCUT2D eigenvalue weighted by molar-refractivity contribution is 7.46. The van der Waals surface area contributed by atoms with E-state index in [1.165, 1.54) is 26.2 Å². The predicted octanol–water partition coefficient (Wildman–Crippen LogP) is -3.45. The van der Waals surface area contributed by atoms with Crippen LogP contribution < -0.4 is 22.6 Å². The van der Waals surface area contributed by atoms with Gasteiger partial charge in [-0.25, -0.2) is 14.5 Å². The minimum absolute atomic E-state index is 0. The summed E-state index contributed by atoms with van der Waals surface area (Å²) in [5, 5.41) is 48.5. The molecule has 0 unspecified atom stereocenters. The molecule has 2 aliphatic rings. The molecular formula is C25H43N6O15P. The molecule has 11 N–H and O–H groups in total. The summed E-state index contributed by atoms with van der Waals surface area (Å²) in [5.74, 6) is -2.08. The van der Waals surface area contributed by atoms with Crippen LogP contribution in [0.1, 0.15) is 67.1 Å². The van der Waals surface area contributed by atoms with Crippen molar-refractivity contribution in [1.82, 2.24) is 19.1 Å². The lowest BCUT2D eigenvalue weighted by Crippen LogP contribution is -2.38. The first-order valence-corrected chi connectivity index (χ1v) is 14.0. The van der Waals surface area contributed by atoms with Crippen LogP contribution in [-0.2, 0) is 18.6 Å². The number of carbonyl (C=O) groups excluding carboxylic acids is 2. The van der Waals surface area contributed by atoms with Crippen LogP contribution in [0.5, 0.6) is 0 Å². The van der Waals surface area contributed by atoms with Gasteiger partial charge in [0, 0.05) is 12.4 Å². The van der Waals surface area contributed by atoms with Crippen LogP contribution in [-0.4, -0.2) is 116 Å². The Kier molecular flexibility index (Phi) is 15.8. The van der Waals surface area contributed by atoms with Gasteiger partial charge in [0.15, 0.2) is 23.8 Å². The Morgan fingerprint density at radius 1 is 0.809 bits per heavy atom. The van der Waals surface area contributed by atoms with Gasteiger partial charge in [-0.1, -0.05) is 22.3 Å². The van der Waals surface area contributed by atoms with Gasteiger partial charge < -0.3 is 56.3 Å². The first-order valence-electron chi connectivity index (χ1n) is 12.5. The van der Waals surface area contributed by atoms with Crippen LogP contribution in [0.15, 0.2) is 22.0 Å². The smallest absolute Gasteiger partial charge is 0.394 e. The first-order chi connectivity index (χ1) is 20.4. The number of ether oxygens (including phenoxy) is 2. The molecule has 268 valence electrons. The largest absolute Gasteiger partial charge is 0.469 e. The number of nitrogens with zero attached hydrogens (tertiary/aromatic N) is 4. The second-order valence-corrected chi connectivity index (χ2v) is 10.9. The van der Waals surface area contributed by atoms with E-state index in [0.717, 1.165) is 9.13 Å². The van der Waals surface area contributed by atoms with Crippen LogP contribution >= 0.6 is 7.82 Å². The molecule has 4 heterocycles. The molecule has 0 bridgehead atoms. The topological polar surface area (TPSA) is 342 Å². The Bertz CT molecular complexity index is 1560. The minimum Gasteiger partial charge on any atom is -0.394 e. The maximum absolute atomic E-state index is 12.2. The highest BCUT2D eigenvalue weighted by Gasteiger charge is 2.46. The molecule has 0 aromatic carbocycles.